The molecule has 8 heavy (non-hydrogen) atoms. The molecule has 0 saturated carbocycles. The van der Waals surface area contributed by atoms with E-state index in [1.807, 2.05) is 0 Å². The van der Waals surface area contributed by atoms with Gasteiger partial charge in [0.05, 0.1) is 0 Å². The Balaban J connectivity index is 2.53. The smallest absolute Gasteiger partial charge is 0.195 e. The van der Waals surface area contributed by atoms with Crippen LogP contribution in [0.2, 0.25) is 0 Å². The van der Waals surface area contributed by atoms with Gasteiger partial charge in [0.15, 0.2) is 9.03 Å². The van der Waals surface area contributed by atoms with Gasteiger partial charge in [-0.05, 0) is 20.2 Å². The molecule has 1 atom stereocenters. The van der Waals surface area contributed by atoms with E-state index in [2.05, 4.69) is 24.8 Å². The lowest BCUT2D eigenvalue weighted by atomic mass is 14.2. The molecule has 0 radical (unpaired) electrons. The third kappa shape index (κ3) is 6.15. The van der Waals surface area contributed by atoms with Crippen molar-refractivity contribution in [2.75, 3.05) is 0 Å². The Labute approximate surface area is 45.3 Å². The fourth-order valence-corrected chi connectivity index (χ4v) is 0.111. The van der Waals surface area contributed by atoms with Crippen LogP contribution in [0, 0.1) is 0 Å². The van der Waals surface area contributed by atoms with Gasteiger partial charge in [0.2, 0.25) is 0 Å². The van der Waals surface area contributed by atoms with Gasteiger partial charge in [-0.2, -0.15) is 4.67 Å². The van der Waals surface area contributed by atoms with E-state index < -0.39 is 9.03 Å². The molecule has 1 unspecified atom stereocenters. The van der Waals surface area contributed by atoms with Crippen molar-refractivity contribution in [2.24, 2.45) is 0 Å². The molecule has 8 heteroatoms. The minimum atomic E-state index is -0.895. The van der Waals surface area contributed by atoms with E-state index in [4.69, 9.17) is 10.2 Å². The molecule has 0 aliphatic heterocycles. The average molecular weight is 146 g/mol. The van der Waals surface area contributed by atoms with Crippen LogP contribution in [-0.4, -0.2) is 10.2 Å². The summed E-state index contributed by atoms with van der Waals surface area (Å²) in [5, 5.41) is 20.3. The molecule has 0 aliphatic carbocycles. The highest BCUT2D eigenvalue weighted by atomic mass is 31.1. The molecular formula is H3O7P. The molecule has 0 rings (SSSR count). The Hall–Kier alpha value is 0.150. The van der Waals surface area contributed by atoms with Crippen LogP contribution < -0.4 is 0 Å². The van der Waals surface area contributed by atoms with Crippen LogP contribution in [0.5, 0.6) is 0 Å². The van der Waals surface area contributed by atoms with E-state index in [9.17, 15) is 0 Å². The van der Waals surface area contributed by atoms with Crippen molar-refractivity contribution in [3.8, 4) is 0 Å². The molecule has 7 nitrogen and oxygen atoms in total. The third-order valence-electron chi connectivity index (χ3n) is 0.157. The van der Waals surface area contributed by atoms with E-state index in [0.717, 1.165) is 0 Å². The molecule has 0 bridgehead atoms. The second-order valence-corrected chi connectivity index (χ2v) is 0.803. The van der Waals surface area contributed by atoms with Gasteiger partial charge in [-0.1, -0.05) is 0 Å². The maximum absolute atomic E-state index is 7.81. The highest BCUT2D eigenvalue weighted by Gasteiger charge is 1.85. The van der Waals surface area contributed by atoms with Crippen molar-refractivity contribution in [1.29, 1.82) is 0 Å². The van der Waals surface area contributed by atoms with Crippen molar-refractivity contribution in [3.63, 3.8) is 0 Å². The summed E-state index contributed by atoms with van der Waals surface area (Å²) in [5.74, 6) is 0. The molecule has 0 saturated heterocycles. The highest BCUT2D eigenvalue weighted by Crippen LogP contribution is 2.03. The van der Waals surface area contributed by atoms with Crippen LogP contribution in [0.3, 0.4) is 0 Å². The van der Waals surface area contributed by atoms with Crippen LogP contribution in [0.4, 0.5) is 0 Å². The monoisotopic (exact) mass is 146 g/mol. The summed E-state index contributed by atoms with van der Waals surface area (Å²) in [6.45, 7) is 0. The molecule has 0 aromatic heterocycles. The molecule has 0 aromatic rings. The van der Waals surface area contributed by atoms with Gasteiger partial charge in [-0.3, -0.25) is 0 Å². The first-order chi connectivity index (χ1) is 3.91. The molecular weight excluding hydrogens is 143 g/mol. The fourth-order valence-electron chi connectivity index (χ4n) is 0.0529. The summed E-state index contributed by atoms with van der Waals surface area (Å²) >= 11 is 0. The maximum atomic E-state index is 7.81. The summed E-state index contributed by atoms with van der Waals surface area (Å²) < 4.78 is 3.68. The predicted molar refractivity (Wildman–Crippen MR) is 18.6 cm³/mol. The Morgan fingerprint density at radius 3 is 2.38 bits per heavy atom. The van der Waals surface area contributed by atoms with Crippen LogP contribution in [-0.2, 0) is 24.8 Å². The predicted octanol–water partition coefficient (Wildman–Crippen LogP) is -0.297. The lowest BCUT2D eigenvalue weighted by molar-refractivity contribution is -0.741. The summed E-state index contributed by atoms with van der Waals surface area (Å²) in [5.41, 5.74) is 0. The van der Waals surface area contributed by atoms with Crippen LogP contribution in [0.25, 0.3) is 0 Å². The van der Waals surface area contributed by atoms with Gasteiger partial charge >= 0.3 is 0 Å². The first-order valence-corrected chi connectivity index (χ1v) is 2.13. The quantitative estimate of drug-likeness (QED) is 0.238. The zero-order valence-corrected chi connectivity index (χ0v) is 4.44. The Morgan fingerprint density at radius 1 is 1.12 bits per heavy atom. The molecule has 0 aliphatic rings. The van der Waals surface area contributed by atoms with Gasteiger partial charge in [0.25, 0.3) is 0 Å². The second kappa shape index (κ2) is 7.15. The summed E-state index contributed by atoms with van der Waals surface area (Å²) in [6.07, 6.45) is 0. The van der Waals surface area contributed by atoms with Gasteiger partial charge in [0, 0.05) is 0 Å². The van der Waals surface area contributed by atoms with Crippen LogP contribution in [0.1, 0.15) is 0 Å². The minimum absolute atomic E-state index is 0.895. The van der Waals surface area contributed by atoms with Gasteiger partial charge in [-0.15, -0.1) is 0 Å². The van der Waals surface area contributed by atoms with Gasteiger partial charge in [-0.25, -0.2) is 5.26 Å². The number of hydrogen-bond donors (Lipinski definition) is 2. The van der Waals surface area contributed by atoms with Crippen LogP contribution >= 0.6 is 9.03 Å². The first-order valence-electron chi connectivity index (χ1n) is 1.28. The highest BCUT2D eigenvalue weighted by molar-refractivity contribution is 7.24. The molecule has 0 spiro atoms. The Kier molecular flexibility index (Phi) is 7.28. The molecule has 0 heterocycles. The summed E-state index contributed by atoms with van der Waals surface area (Å²) in [4.78, 5) is 7.81. The number of hydrogen-bond acceptors (Lipinski definition) is 7. The number of rotatable bonds is 5. The van der Waals surface area contributed by atoms with Crippen molar-refractivity contribution in [1.82, 2.24) is 0 Å². The summed E-state index contributed by atoms with van der Waals surface area (Å²) in [6, 6.07) is 0. The Morgan fingerprint density at radius 2 is 1.88 bits per heavy atom. The fraction of sp³-hybridized carbons (Fsp3) is 0. The van der Waals surface area contributed by atoms with Crippen molar-refractivity contribution < 1.29 is 35.0 Å². The Bertz CT molecular complexity index is 29.4. The lowest BCUT2D eigenvalue weighted by Gasteiger charge is -1.92. The lowest BCUT2D eigenvalue weighted by Crippen LogP contribution is -1.92. The minimum Gasteiger partial charge on any atom is -0.350 e. The first kappa shape index (κ1) is 8.15. The molecule has 0 aromatic carbocycles. The van der Waals surface area contributed by atoms with Crippen LogP contribution in [0.15, 0.2) is 0 Å². The average Bonchev–Trinajstić information content (AvgIpc) is 1.81. The topological polar surface area (TPSA) is 86.6 Å². The summed E-state index contributed by atoms with van der Waals surface area (Å²) in [7, 11) is -0.895. The van der Waals surface area contributed by atoms with Gasteiger partial charge in [0.1, 0.15) is 0 Å². The van der Waals surface area contributed by atoms with E-state index in [0.29, 0.717) is 0 Å². The van der Waals surface area contributed by atoms with Crippen molar-refractivity contribution in [2.45, 2.75) is 0 Å². The maximum Gasteiger partial charge on any atom is 0.195 e. The molecule has 2 N–H and O–H groups in total. The van der Waals surface area contributed by atoms with E-state index in [1.165, 1.54) is 0 Å². The van der Waals surface area contributed by atoms with E-state index in [1.54, 1.807) is 0 Å². The molecule has 0 amide bonds. The largest absolute Gasteiger partial charge is 0.350 e. The van der Waals surface area contributed by atoms with E-state index >= 15 is 0 Å². The zero-order chi connectivity index (χ0) is 6.24. The van der Waals surface area contributed by atoms with E-state index in [-0.39, 0.29) is 0 Å². The van der Waals surface area contributed by atoms with Gasteiger partial charge < -0.3 is 4.89 Å². The normalized spacial score (nSPS) is 11.2. The second-order valence-electron chi connectivity index (χ2n) is 0.453. The van der Waals surface area contributed by atoms with Crippen molar-refractivity contribution >= 4 is 9.03 Å². The van der Waals surface area contributed by atoms with Crippen molar-refractivity contribution in [3.05, 3.63) is 0 Å². The zero-order valence-electron chi connectivity index (χ0n) is 3.44. The SMILES string of the molecule is OOOOOOPO. The molecule has 50 valence electrons. The molecule has 0 fully saturated rings. The third-order valence-corrected chi connectivity index (χ3v) is 0.300. The standard InChI is InChI=1S/H3O7P/c1-3-4-5-6-7-8-2/h1-2,8H.